The van der Waals surface area contributed by atoms with E-state index in [1.807, 2.05) is 4.72 Å². The Kier molecular flexibility index (Phi) is 5.92. The van der Waals surface area contributed by atoms with E-state index in [2.05, 4.69) is 10.5 Å². The number of benzene rings is 1. The normalized spacial score (nSPS) is 16.7. The Morgan fingerprint density at radius 3 is 2.48 bits per heavy atom. The highest BCUT2D eigenvalue weighted by Crippen LogP contribution is 2.18. The van der Waals surface area contributed by atoms with Crippen LogP contribution in [0.2, 0.25) is 0 Å². The molecule has 1 unspecified atom stereocenters. The lowest BCUT2D eigenvalue weighted by molar-refractivity contribution is -0.147. The molecule has 13 nitrogen and oxygen atoms in total. The number of β-lactam (4-membered cyclic amide) rings is 1. The van der Waals surface area contributed by atoms with Crippen LogP contribution in [0.5, 0.6) is 0 Å². The molecule has 0 spiro atoms. The van der Waals surface area contributed by atoms with Crippen LogP contribution < -0.4 is 14.8 Å². The molecule has 4 amide bonds. The van der Waals surface area contributed by atoms with Gasteiger partial charge in [-0.25, -0.2) is 14.2 Å². The Hall–Kier alpha value is -3.94. The first-order valence-electron chi connectivity index (χ1n) is 8.75. The average Bonchev–Trinajstić information content (AvgIpc) is 3.08. The van der Waals surface area contributed by atoms with E-state index in [-0.39, 0.29) is 17.9 Å². The van der Waals surface area contributed by atoms with Crippen molar-refractivity contribution in [2.45, 2.75) is 18.9 Å². The molecule has 14 heteroatoms. The van der Waals surface area contributed by atoms with Crippen molar-refractivity contribution in [2.75, 3.05) is 11.3 Å². The fourth-order valence-electron chi connectivity index (χ4n) is 2.77. The first-order valence-corrected chi connectivity index (χ1v) is 10.2. The number of nitrogens with zero attached hydrogens (tertiary/aromatic N) is 2. The van der Waals surface area contributed by atoms with E-state index in [1.165, 1.54) is 25.1 Å². The molecule has 1 saturated heterocycles. The summed E-state index contributed by atoms with van der Waals surface area (Å²) in [5.74, 6) is -4.63. The number of urea groups is 1. The number of aromatic nitrogens is 1. The van der Waals surface area contributed by atoms with Gasteiger partial charge in [0.15, 0.2) is 11.7 Å². The average molecular weight is 451 g/mol. The van der Waals surface area contributed by atoms with Crippen LogP contribution in [0, 0.1) is 6.92 Å². The lowest BCUT2D eigenvalue weighted by atomic mass is 9.97. The van der Waals surface area contributed by atoms with Gasteiger partial charge in [0.2, 0.25) is 5.91 Å². The van der Waals surface area contributed by atoms with Crippen LogP contribution >= 0.6 is 0 Å². The standard InChI is InChI=1S/C17H17N5O8S/c1-9-7-12(19-30-9)20-31(28,29)21-17(27)22-8-11(15(22)24)18-14(23)13(16(25)26)10-5-3-2-4-6-10/h2-7,11,13H,8H2,1H3,(H,18,23)(H,19,20)(H,21,27)(H,25,26)/t11-,13?/m0/s1. The molecule has 0 saturated carbocycles. The van der Waals surface area contributed by atoms with Crippen molar-refractivity contribution < 1.29 is 37.2 Å². The van der Waals surface area contributed by atoms with Gasteiger partial charge in [0.25, 0.3) is 5.91 Å². The maximum absolute atomic E-state index is 12.4. The summed E-state index contributed by atoms with van der Waals surface area (Å²) in [6, 6.07) is 6.54. The highest BCUT2D eigenvalue weighted by atomic mass is 32.2. The zero-order chi connectivity index (χ0) is 22.8. The summed E-state index contributed by atoms with van der Waals surface area (Å²) in [6.07, 6.45) is 0. The van der Waals surface area contributed by atoms with Crippen molar-refractivity contribution in [3.63, 3.8) is 0 Å². The SMILES string of the molecule is Cc1cc(NS(=O)(=O)NC(=O)N2C[C@H](NC(=O)C(C(=O)O)c3ccccc3)C2=O)no1. The van der Waals surface area contributed by atoms with Crippen LogP contribution in [0.1, 0.15) is 17.2 Å². The van der Waals surface area contributed by atoms with Crippen LogP contribution in [0.3, 0.4) is 0 Å². The van der Waals surface area contributed by atoms with E-state index >= 15 is 0 Å². The van der Waals surface area contributed by atoms with Gasteiger partial charge < -0.3 is 14.9 Å². The lowest BCUT2D eigenvalue weighted by Gasteiger charge is -2.36. The molecule has 0 bridgehead atoms. The van der Waals surface area contributed by atoms with Crippen molar-refractivity contribution in [1.29, 1.82) is 0 Å². The quantitative estimate of drug-likeness (QED) is 0.319. The summed E-state index contributed by atoms with van der Waals surface area (Å²) in [4.78, 5) is 48.6. The van der Waals surface area contributed by atoms with Gasteiger partial charge in [-0.15, -0.1) is 0 Å². The minimum atomic E-state index is -4.40. The molecule has 31 heavy (non-hydrogen) atoms. The summed E-state index contributed by atoms with van der Waals surface area (Å²) in [7, 11) is -4.40. The van der Waals surface area contributed by atoms with Gasteiger partial charge >= 0.3 is 22.2 Å². The summed E-state index contributed by atoms with van der Waals surface area (Å²) < 4.78 is 32.2. The molecule has 0 radical (unpaired) electrons. The zero-order valence-corrected chi connectivity index (χ0v) is 16.8. The molecule has 1 aromatic heterocycles. The molecular weight excluding hydrogens is 434 g/mol. The predicted molar refractivity (Wildman–Crippen MR) is 103 cm³/mol. The van der Waals surface area contributed by atoms with Crippen LogP contribution in [0.4, 0.5) is 10.6 Å². The fraction of sp³-hybridized carbons (Fsp3) is 0.235. The topological polar surface area (TPSA) is 188 Å². The van der Waals surface area contributed by atoms with Crippen LogP contribution in [-0.4, -0.2) is 60.0 Å². The molecule has 1 aliphatic rings. The zero-order valence-electron chi connectivity index (χ0n) is 15.9. The third-order valence-corrected chi connectivity index (χ3v) is 5.14. The number of aliphatic carboxylic acids is 1. The molecule has 2 aromatic rings. The van der Waals surface area contributed by atoms with Gasteiger partial charge in [-0.3, -0.25) is 19.3 Å². The maximum Gasteiger partial charge on any atom is 0.339 e. The number of carboxylic acids is 1. The lowest BCUT2D eigenvalue weighted by Crippen LogP contribution is -2.68. The number of anilines is 1. The second-order valence-electron chi connectivity index (χ2n) is 6.53. The van der Waals surface area contributed by atoms with E-state index in [0.717, 1.165) is 0 Å². The molecule has 164 valence electrons. The molecule has 2 heterocycles. The van der Waals surface area contributed by atoms with E-state index in [4.69, 9.17) is 4.52 Å². The third kappa shape index (κ3) is 4.98. The smallest absolute Gasteiger partial charge is 0.339 e. The van der Waals surface area contributed by atoms with Gasteiger partial charge in [0.1, 0.15) is 11.8 Å². The van der Waals surface area contributed by atoms with Crippen LogP contribution in [0.25, 0.3) is 0 Å². The van der Waals surface area contributed by atoms with Crippen molar-refractivity contribution in [1.82, 2.24) is 20.1 Å². The van der Waals surface area contributed by atoms with E-state index in [9.17, 15) is 32.7 Å². The maximum atomic E-state index is 12.4. The summed E-state index contributed by atoms with van der Waals surface area (Å²) in [5, 5.41) is 15.0. The van der Waals surface area contributed by atoms with Gasteiger partial charge in [0.05, 0.1) is 6.54 Å². The van der Waals surface area contributed by atoms with E-state index in [1.54, 1.807) is 22.9 Å². The van der Waals surface area contributed by atoms with Crippen LogP contribution in [0.15, 0.2) is 40.9 Å². The van der Waals surface area contributed by atoms with Crippen molar-refractivity contribution in [3.05, 3.63) is 47.7 Å². The number of hydrogen-bond acceptors (Lipinski definition) is 8. The number of carbonyl (C=O) groups excluding carboxylic acids is 3. The Morgan fingerprint density at radius 2 is 1.94 bits per heavy atom. The summed E-state index contributed by atoms with van der Waals surface area (Å²) in [6.45, 7) is 1.19. The number of imide groups is 1. The minimum Gasteiger partial charge on any atom is -0.480 e. The van der Waals surface area contributed by atoms with Crippen LogP contribution in [-0.2, 0) is 24.6 Å². The summed E-state index contributed by atoms with van der Waals surface area (Å²) >= 11 is 0. The first-order chi connectivity index (χ1) is 14.6. The predicted octanol–water partition coefficient (Wildman–Crippen LogP) is -0.455. The van der Waals surface area contributed by atoms with E-state index in [0.29, 0.717) is 10.7 Å². The monoisotopic (exact) mass is 451 g/mol. The number of carboxylic acid groups (broad SMARTS) is 1. The second kappa shape index (κ2) is 8.43. The van der Waals surface area contributed by atoms with Crippen molar-refractivity contribution >= 4 is 39.8 Å². The number of aryl methyl sites for hydroxylation is 1. The van der Waals surface area contributed by atoms with Gasteiger partial charge in [-0.05, 0) is 12.5 Å². The second-order valence-corrected chi connectivity index (χ2v) is 7.94. The number of carbonyl (C=O) groups is 4. The molecule has 4 N–H and O–H groups in total. The van der Waals surface area contributed by atoms with Crippen molar-refractivity contribution in [2.24, 2.45) is 0 Å². The fourth-order valence-corrected chi connectivity index (χ4v) is 3.53. The highest BCUT2D eigenvalue weighted by molar-refractivity contribution is 7.91. The number of likely N-dealkylation sites (tertiary alicyclic amines) is 1. The van der Waals surface area contributed by atoms with Gasteiger partial charge in [0, 0.05) is 6.07 Å². The summed E-state index contributed by atoms with van der Waals surface area (Å²) in [5.41, 5.74) is 0.217. The molecule has 3 rings (SSSR count). The van der Waals surface area contributed by atoms with Crippen molar-refractivity contribution in [3.8, 4) is 0 Å². The Bertz CT molecular complexity index is 1130. The molecule has 2 atom stereocenters. The molecule has 0 aliphatic carbocycles. The molecule has 1 aromatic carbocycles. The highest BCUT2D eigenvalue weighted by Gasteiger charge is 2.44. The Morgan fingerprint density at radius 1 is 1.26 bits per heavy atom. The number of hydrogen-bond donors (Lipinski definition) is 4. The first kappa shape index (κ1) is 21.8. The number of amides is 4. The van der Waals surface area contributed by atoms with E-state index < -0.39 is 46.0 Å². The number of rotatable bonds is 7. The third-order valence-electron chi connectivity index (χ3n) is 4.22. The largest absolute Gasteiger partial charge is 0.480 e. The molecular formula is C17H17N5O8S. The van der Waals surface area contributed by atoms with Gasteiger partial charge in [-0.1, -0.05) is 35.5 Å². The Balaban J connectivity index is 1.57. The van der Waals surface area contributed by atoms with Gasteiger partial charge in [-0.2, -0.15) is 8.42 Å². The minimum absolute atomic E-state index is 0.168. The Labute approximate surface area is 175 Å². The number of nitrogens with one attached hydrogen (secondary N) is 3. The molecule has 1 aliphatic heterocycles. The molecule has 1 fully saturated rings.